The van der Waals surface area contributed by atoms with Crippen LogP contribution in [0, 0.1) is 5.92 Å². The predicted molar refractivity (Wildman–Crippen MR) is 67.1 cm³/mol. The standard InChI is InChI=1S/C11H18BrN3O/c1-8(2)5-13-10(16)11(3,4)15-7-9(12)6-14-15/h6-8H,5H2,1-4H3,(H,13,16). The molecule has 0 saturated heterocycles. The maximum atomic E-state index is 12.0. The number of carbonyl (C=O) groups is 1. The van der Waals surface area contributed by atoms with Crippen LogP contribution in [0.3, 0.4) is 0 Å². The first-order valence-electron chi connectivity index (χ1n) is 5.33. The Morgan fingerprint density at radius 1 is 1.62 bits per heavy atom. The van der Waals surface area contributed by atoms with Crippen molar-refractivity contribution in [3.8, 4) is 0 Å². The number of aromatic nitrogens is 2. The minimum absolute atomic E-state index is 0.0169. The van der Waals surface area contributed by atoms with E-state index in [1.54, 1.807) is 17.1 Å². The van der Waals surface area contributed by atoms with Crippen LogP contribution < -0.4 is 5.32 Å². The van der Waals surface area contributed by atoms with E-state index >= 15 is 0 Å². The predicted octanol–water partition coefficient (Wildman–Crippen LogP) is 2.15. The van der Waals surface area contributed by atoms with Gasteiger partial charge >= 0.3 is 0 Å². The second-order valence-corrected chi connectivity index (χ2v) is 5.68. The average molecular weight is 288 g/mol. The van der Waals surface area contributed by atoms with Gasteiger partial charge in [0.1, 0.15) is 5.54 Å². The summed E-state index contributed by atoms with van der Waals surface area (Å²) < 4.78 is 2.53. The molecule has 0 bridgehead atoms. The molecule has 0 aliphatic heterocycles. The molecule has 1 aromatic rings. The molecule has 0 aliphatic rings. The Morgan fingerprint density at radius 3 is 2.69 bits per heavy atom. The first-order valence-corrected chi connectivity index (χ1v) is 6.12. The van der Waals surface area contributed by atoms with Gasteiger partial charge in [0.15, 0.2) is 0 Å². The molecule has 5 heteroatoms. The van der Waals surface area contributed by atoms with Gasteiger partial charge in [-0.05, 0) is 35.7 Å². The molecule has 4 nitrogen and oxygen atoms in total. The molecule has 0 unspecified atom stereocenters. The van der Waals surface area contributed by atoms with Crippen LogP contribution >= 0.6 is 15.9 Å². The molecule has 0 fully saturated rings. The highest BCUT2D eigenvalue weighted by atomic mass is 79.9. The summed E-state index contributed by atoms with van der Waals surface area (Å²) in [6.07, 6.45) is 3.48. The molecule has 16 heavy (non-hydrogen) atoms. The highest BCUT2D eigenvalue weighted by Gasteiger charge is 2.30. The number of hydrogen-bond donors (Lipinski definition) is 1. The summed E-state index contributed by atoms with van der Waals surface area (Å²) in [4.78, 5) is 12.0. The Balaban J connectivity index is 2.73. The van der Waals surface area contributed by atoms with Crippen LogP contribution in [0.4, 0.5) is 0 Å². The second-order valence-electron chi connectivity index (χ2n) is 4.77. The summed E-state index contributed by atoms with van der Waals surface area (Å²) >= 11 is 3.32. The highest BCUT2D eigenvalue weighted by molar-refractivity contribution is 9.10. The largest absolute Gasteiger partial charge is 0.354 e. The zero-order valence-electron chi connectivity index (χ0n) is 10.1. The number of nitrogens with one attached hydrogen (secondary N) is 1. The summed E-state index contributed by atoms with van der Waals surface area (Å²) in [6, 6.07) is 0. The highest BCUT2D eigenvalue weighted by Crippen LogP contribution is 2.17. The number of hydrogen-bond acceptors (Lipinski definition) is 2. The van der Waals surface area contributed by atoms with Crippen LogP contribution in [0.1, 0.15) is 27.7 Å². The van der Waals surface area contributed by atoms with Crippen LogP contribution in [-0.4, -0.2) is 22.2 Å². The minimum atomic E-state index is -0.666. The Bertz CT molecular complexity index is 371. The Hall–Kier alpha value is -0.840. The molecule has 0 spiro atoms. The molecule has 0 aliphatic carbocycles. The third-order valence-electron chi connectivity index (χ3n) is 2.35. The monoisotopic (exact) mass is 287 g/mol. The van der Waals surface area contributed by atoms with E-state index in [9.17, 15) is 4.79 Å². The number of halogens is 1. The smallest absolute Gasteiger partial charge is 0.247 e. The van der Waals surface area contributed by atoms with Crippen LogP contribution in [0.25, 0.3) is 0 Å². The van der Waals surface area contributed by atoms with Crippen molar-refractivity contribution in [2.45, 2.75) is 33.2 Å². The lowest BCUT2D eigenvalue weighted by molar-refractivity contribution is -0.129. The molecule has 1 amide bonds. The molecule has 1 rings (SSSR count). The molecule has 1 N–H and O–H groups in total. The minimum Gasteiger partial charge on any atom is -0.354 e. The van der Waals surface area contributed by atoms with Gasteiger partial charge in [-0.2, -0.15) is 5.10 Å². The van der Waals surface area contributed by atoms with Crippen molar-refractivity contribution in [1.29, 1.82) is 0 Å². The summed E-state index contributed by atoms with van der Waals surface area (Å²) in [5.74, 6) is 0.431. The van der Waals surface area contributed by atoms with Crippen LogP contribution in [0.2, 0.25) is 0 Å². The summed E-state index contributed by atoms with van der Waals surface area (Å²) in [5, 5.41) is 7.06. The lowest BCUT2D eigenvalue weighted by Crippen LogP contribution is -2.45. The van der Waals surface area contributed by atoms with E-state index in [1.165, 1.54) is 0 Å². The van der Waals surface area contributed by atoms with E-state index in [2.05, 4.69) is 40.2 Å². The molecule has 0 radical (unpaired) electrons. The number of carbonyl (C=O) groups excluding carboxylic acids is 1. The molecule has 0 saturated carbocycles. The van der Waals surface area contributed by atoms with Gasteiger partial charge in [0, 0.05) is 12.7 Å². The third kappa shape index (κ3) is 3.07. The lowest BCUT2D eigenvalue weighted by Gasteiger charge is -2.24. The number of amides is 1. The second kappa shape index (κ2) is 4.99. The van der Waals surface area contributed by atoms with E-state index in [0.29, 0.717) is 12.5 Å². The van der Waals surface area contributed by atoms with Gasteiger partial charge in [-0.25, -0.2) is 0 Å². The topological polar surface area (TPSA) is 46.9 Å². The molecule has 0 aromatic carbocycles. The van der Waals surface area contributed by atoms with Crippen molar-refractivity contribution in [3.05, 3.63) is 16.9 Å². The molecule has 0 atom stereocenters. The Labute approximate surface area is 105 Å². The van der Waals surface area contributed by atoms with Gasteiger partial charge in [0.25, 0.3) is 0 Å². The van der Waals surface area contributed by atoms with Gasteiger partial charge in [-0.1, -0.05) is 13.8 Å². The average Bonchev–Trinajstić information content (AvgIpc) is 2.61. The Kier molecular flexibility index (Phi) is 4.13. The first kappa shape index (κ1) is 13.2. The summed E-state index contributed by atoms with van der Waals surface area (Å²) in [7, 11) is 0. The fourth-order valence-corrected chi connectivity index (χ4v) is 1.51. The number of nitrogens with zero attached hydrogens (tertiary/aromatic N) is 2. The maximum absolute atomic E-state index is 12.0. The Morgan fingerprint density at radius 2 is 2.25 bits per heavy atom. The van der Waals surface area contributed by atoms with E-state index < -0.39 is 5.54 Å². The van der Waals surface area contributed by atoms with Crippen LogP contribution in [-0.2, 0) is 10.3 Å². The van der Waals surface area contributed by atoms with Crippen LogP contribution in [0.5, 0.6) is 0 Å². The quantitative estimate of drug-likeness (QED) is 0.922. The first-order chi connectivity index (χ1) is 7.34. The van der Waals surface area contributed by atoms with Gasteiger partial charge in [0.2, 0.25) is 5.91 Å². The van der Waals surface area contributed by atoms with Gasteiger partial charge in [0.05, 0.1) is 10.7 Å². The van der Waals surface area contributed by atoms with E-state index in [4.69, 9.17) is 0 Å². The van der Waals surface area contributed by atoms with Crippen molar-refractivity contribution in [2.75, 3.05) is 6.54 Å². The zero-order valence-corrected chi connectivity index (χ0v) is 11.7. The van der Waals surface area contributed by atoms with E-state index in [-0.39, 0.29) is 5.91 Å². The lowest BCUT2D eigenvalue weighted by atomic mass is 10.0. The fourth-order valence-electron chi connectivity index (χ4n) is 1.22. The summed E-state index contributed by atoms with van der Waals surface area (Å²) in [6.45, 7) is 8.52. The van der Waals surface area contributed by atoms with Gasteiger partial charge in [-0.15, -0.1) is 0 Å². The van der Waals surface area contributed by atoms with Gasteiger partial charge in [-0.3, -0.25) is 9.48 Å². The van der Waals surface area contributed by atoms with Crippen molar-refractivity contribution >= 4 is 21.8 Å². The van der Waals surface area contributed by atoms with E-state index in [1.807, 2.05) is 13.8 Å². The molecular weight excluding hydrogens is 270 g/mol. The van der Waals surface area contributed by atoms with Gasteiger partial charge < -0.3 is 5.32 Å². The van der Waals surface area contributed by atoms with Crippen molar-refractivity contribution < 1.29 is 4.79 Å². The maximum Gasteiger partial charge on any atom is 0.247 e. The summed E-state index contributed by atoms with van der Waals surface area (Å²) in [5.41, 5.74) is -0.666. The zero-order chi connectivity index (χ0) is 12.3. The molecule has 90 valence electrons. The number of rotatable bonds is 4. The van der Waals surface area contributed by atoms with E-state index in [0.717, 1.165) is 4.47 Å². The molecular formula is C11H18BrN3O. The SMILES string of the molecule is CC(C)CNC(=O)C(C)(C)n1cc(Br)cn1. The van der Waals surface area contributed by atoms with Crippen LogP contribution in [0.15, 0.2) is 16.9 Å². The van der Waals surface area contributed by atoms with Crippen molar-refractivity contribution in [1.82, 2.24) is 15.1 Å². The third-order valence-corrected chi connectivity index (χ3v) is 2.76. The normalized spacial score (nSPS) is 11.9. The fraction of sp³-hybridized carbons (Fsp3) is 0.636. The van der Waals surface area contributed by atoms with Crippen molar-refractivity contribution in [3.63, 3.8) is 0 Å². The molecule has 1 aromatic heterocycles. The van der Waals surface area contributed by atoms with Crippen molar-refractivity contribution in [2.24, 2.45) is 5.92 Å². The molecule has 1 heterocycles.